The van der Waals surface area contributed by atoms with Crippen LogP contribution in [0.15, 0.2) is 18.2 Å². The van der Waals surface area contributed by atoms with Gasteiger partial charge < -0.3 is 14.4 Å². The summed E-state index contributed by atoms with van der Waals surface area (Å²) in [7, 11) is 1.89. The third kappa shape index (κ3) is 3.92. The van der Waals surface area contributed by atoms with Crippen LogP contribution in [0, 0.1) is 0 Å². The molecule has 0 aromatic heterocycles. The Morgan fingerprint density at radius 2 is 1.89 bits per heavy atom. The minimum absolute atomic E-state index is 0.0490. The lowest BCUT2D eigenvalue weighted by atomic mass is 9.82. The van der Waals surface area contributed by atoms with Crippen LogP contribution < -0.4 is 0 Å². The van der Waals surface area contributed by atoms with Gasteiger partial charge in [0.15, 0.2) is 5.79 Å². The number of benzene rings is 1. The molecule has 0 N–H and O–H groups in total. The lowest BCUT2D eigenvalue weighted by Gasteiger charge is -2.50. The summed E-state index contributed by atoms with van der Waals surface area (Å²) in [6, 6.07) is 5.54. The number of carbonyl (C=O) groups is 1. The molecule has 7 heteroatoms. The fraction of sp³-hybridized carbons (Fsp3) is 0.667. The molecule has 0 radical (unpaired) electrons. The SMILES string of the molecule is CN(C(=O)Cc1ccc(Cl)c(Cl)c1)[C@H]1[C@H](N2CCCC2)CCCC12OCCO2. The lowest BCUT2D eigenvalue weighted by Crippen LogP contribution is -2.65. The van der Waals surface area contributed by atoms with Gasteiger partial charge in [-0.3, -0.25) is 9.69 Å². The van der Waals surface area contributed by atoms with Gasteiger partial charge in [0.25, 0.3) is 0 Å². The van der Waals surface area contributed by atoms with E-state index in [1.165, 1.54) is 12.8 Å². The van der Waals surface area contributed by atoms with Gasteiger partial charge in [0, 0.05) is 19.5 Å². The third-order valence-corrected chi connectivity index (χ3v) is 7.12. The summed E-state index contributed by atoms with van der Waals surface area (Å²) in [5, 5.41) is 0.973. The second-order valence-corrected chi connectivity index (χ2v) is 8.90. The molecule has 3 aliphatic rings. The molecule has 1 aliphatic carbocycles. The molecular formula is C21H28Cl2N2O3. The average molecular weight is 427 g/mol. The monoisotopic (exact) mass is 426 g/mol. The van der Waals surface area contributed by atoms with Gasteiger partial charge in [-0.2, -0.15) is 0 Å². The van der Waals surface area contributed by atoms with Gasteiger partial charge in [0.2, 0.25) is 5.91 Å². The van der Waals surface area contributed by atoms with Gasteiger partial charge in [0.1, 0.15) is 6.04 Å². The van der Waals surface area contributed by atoms with E-state index < -0.39 is 5.79 Å². The van der Waals surface area contributed by atoms with Gasteiger partial charge in [-0.1, -0.05) is 29.3 Å². The molecular weight excluding hydrogens is 399 g/mol. The number of ether oxygens (including phenoxy) is 2. The largest absolute Gasteiger partial charge is 0.345 e. The van der Waals surface area contributed by atoms with Crippen molar-refractivity contribution in [2.45, 2.75) is 56.4 Å². The highest BCUT2D eigenvalue weighted by Gasteiger charge is 2.54. The molecule has 2 heterocycles. The number of likely N-dealkylation sites (tertiary alicyclic amines) is 1. The number of amides is 1. The van der Waals surface area contributed by atoms with Gasteiger partial charge in [-0.25, -0.2) is 0 Å². The minimum atomic E-state index is -0.673. The van der Waals surface area contributed by atoms with Crippen molar-refractivity contribution in [2.24, 2.45) is 0 Å². The van der Waals surface area contributed by atoms with Crippen LogP contribution in [-0.4, -0.2) is 66.9 Å². The van der Waals surface area contributed by atoms with E-state index >= 15 is 0 Å². The Morgan fingerprint density at radius 3 is 2.57 bits per heavy atom. The molecule has 4 rings (SSSR count). The van der Waals surface area contributed by atoms with Crippen LogP contribution in [0.2, 0.25) is 10.0 Å². The summed E-state index contributed by atoms with van der Waals surface area (Å²) >= 11 is 12.1. The van der Waals surface area contributed by atoms with Gasteiger partial charge >= 0.3 is 0 Å². The van der Waals surface area contributed by atoms with Crippen LogP contribution in [0.25, 0.3) is 0 Å². The predicted molar refractivity (Wildman–Crippen MR) is 110 cm³/mol. The van der Waals surface area contributed by atoms with Crippen molar-refractivity contribution in [3.05, 3.63) is 33.8 Å². The maximum atomic E-state index is 13.2. The molecule has 1 spiro atoms. The van der Waals surface area contributed by atoms with Gasteiger partial charge in [-0.15, -0.1) is 0 Å². The molecule has 2 saturated heterocycles. The first-order valence-corrected chi connectivity index (χ1v) is 11.0. The third-order valence-electron chi connectivity index (χ3n) is 6.38. The number of nitrogens with zero attached hydrogens (tertiary/aromatic N) is 2. The zero-order valence-electron chi connectivity index (χ0n) is 16.3. The van der Waals surface area contributed by atoms with Crippen LogP contribution in [-0.2, 0) is 20.7 Å². The molecule has 2 aliphatic heterocycles. The highest BCUT2D eigenvalue weighted by atomic mass is 35.5. The molecule has 1 aromatic carbocycles. The number of rotatable bonds is 4. The zero-order chi connectivity index (χ0) is 19.7. The zero-order valence-corrected chi connectivity index (χ0v) is 17.8. The Balaban J connectivity index is 1.57. The first kappa shape index (κ1) is 20.4. The first-order chi connectivity index (χ1) is 13.5. The molecule has 1 saturated carbocycles. The van der Waals surface area contributed by atoms with Crippen molar-refractivity contribution in [2.75, 3.05) is 33.4 Å². The van der Waals surface area contributed by atoms with E-state index in [0.717, 1.165) is 37.9 Å². The Morgan fingerprint density at radius 1 is 1.18 bits per heavy atom. The van der Waals surface area contributed by atoms with Crippen molar-refractivity contribution in [3.63, 3.8) is 0 Å². The molecule has 0 unspecified atom stereocenters. The Hall–Kier alpha value is -0.850. The summed E-state index contributed by atoms with van der Waals surface area (Å²) in [5.74, 6) is -0.624. The maximum absolute atomic E-state index is 13.2. The van der Waals surface area contributed by atoms with Crippen molar-refractivity contribution in [1.82, 2.24) is 9.80 Å². The van der Waals surface area contributed by atoms with Crippen LogP contribution in [0.1, 0.15) is 37.7 Å². The van der Waals surface area contributed by atoms with E-state index in [2.05, 4.69) is 4.90 Å². The number of likely N-dealkylation sites (N-methyl/N-ethyl adjacent to an activating group) is 1. The first-order valence-electron chi connectivity index (χ1n) is 10.2. The van der Waals surface area contributed by atoms with E-state index in [-0.39, 0.29) is 24.4 Å². The topological polar surface area (TPSA) is 42.0 Å². The summed E-state index contributed by atoms with van der Waals surface area (Å²) in [6.07, 6.45) is 5.70. The maximum Gasteiger partial charge on any atom is 0.227 e. The number of halogens is 2. The lowest BCUT2D eigenvalue weighted by molar-refractivity contribution is -0.229. The van der Waals surface area contributed by atoms with E-state index in [1.54, 1.807) is 12.1 Å². The van der Waals surface area contributed by atoms with Crippen molar-refractivity contribution in [3.8, 4) is 0 Å². The quantitative estimate of drug-likeness (QED) is 0.734. The summed E-state index contributed by atoms with van der Waals surface area (Å²) in [6.45, 7) is 3.37. The predicted octanol–water partition coefficient (Wildman–Crippen LogP) is 3.75. The summed E-state index contributed by atoms with van der Waals surface area (Å²) < 4.78 is 12.3. The summed E-state index contributed by atoms with van der Waals surface area (Å²) in [5.41, 5.74) is 0.863. The molecule has 3 fully saturated rings. The van der Waals surface area contributed by atoms with Crippen LogP contribution in [0.5, 0.6) is 0 Å². The Labute approximate surface area is 176 Å². The fourth-order valence-corrected chi connectivity index (χ4v) is 5.38. The van der Waals surface area contributed by atoms with E-state index in [4.69, 9.17) is 32.7 Å². The normalized spacial score (nSPS) is 27.4. The standard InChI is InChI=1S/C21H28Cl2N2O3/c1-24(19(26)14-15-6-7-16(22)17(23)13-15)20-18(25-9-2-3-10-25)5-4-8-21(20)27-11-12-28-21/h6-7,13,18,20H,2-5,8-12,14H2,1H3/t18-,20+/m1/s1. The second kappa shape index (κ2) is 8.49. The Bertz CT molecular complexity index is 718. The second-order valence-electron chi connectivity index (χ2n) is 8.09. The van der Waals surface area contributed by atoms with Crippen LogP contribution in [0.4, 0.5) is 0 Å². The van der Waals surface area contributed by atoms with Crippen LogP contribution >= 0.6 is 23.2 Å². The van der Waals surface area contributed by atoms with Crippen molar-refractivity contribution in [1.29, 1.82) is 0 Å². The smallest absolute Gasteiger partial charge is 0.227 e. The molecule has 28 heavy (non-hydrogen) atoms. The molecule has 1 amide bonds. The van der Waals surface area contributed by atoms with E-state index in [9.17, 15) is 4.79 Å². The average Bonchev–Trinajstić information content (AvgIpc) is 3.37. The number of hydrogen-bond acceptors (Lipinski definition) is 4. The van der Waals surface area contributed by atoms with E-state index in [0.29, 0.717) is 23.3 Å². The number of carbonyl (C=O) groups excluding carboxylic acids is 1. The molecule has 5 nitrogen and oxygen atoms in total. The van der Waals surface area contributed by atoms with Crippen molar-refractivity contribution < 1.29 is 14.3 Å². The van der Waals surface area contributed by atoms with Gasteiger partial charge in [-0.05, 0) is 56.5 Å². The van der Waals surface area contributed by atoms with Crippen molar-refractivity contribution >= 4 is 29.1 Å². The number of hydrogen-bond donors (Lipinski definition) is 0. The highest BCUT2D eigenvalue weighted by Crippen LogP contribution is 2.41. The molecule has 0 bridgehead atoms. The molecule has 154 valence electrons. The Kier molecular flexibility index (Phi) is 6.19. The minimum Gasteiger partial charge on any atom is -0.345 e. The highest BCUT2D eigenvalue weighted by molar-refractivity contribution is 6.42. The molecule has 2 atom stereocenters. The fourth-order valence-electron chi connectivity index (χ4n) is 5.05. The van der Waals surface area contributed by atoms with Crippen LogP contribution in [0.3, 0.4) is 0 Å². The molecule has 1 aromatic rings. The van der Waals surface area contributed by atoms with E-state index in [1.807, 2.05) is 18.0 Å². The summed E-state index contributed by atoms with van der Waals surface area (Å²) in [4.78, 5) is 17.6. The van der Waals surface area contributed by atoms with Gasteiger partial charge in [0.05, 0.1) is 29.7 Å².